The summed E-state index contributed by atoms with van der Waals surface area (Å²) in [6, 6.07) is 0. The van der Waals surface area contributed by atoms with Crippen LogP contribution in [0.1, 0.15) is 27.2 Å². The molecule has 5 N–H and O–H groups in total. The summed E-state index contributed by atoms with van der Waals surface area (Å²) in [5.41, 5.74) is 9.12. The van der Waals surface area contributed by atoms with Gasteiger partial charge in [0.2, 0.25) is 17.7 Å². The molecule has 0 unspecified atom stereocenters. The molecular weight excluding hydrogens is 186 g/mol. The fourth-order valence-corrected chi connectivity index (χ4v) is 0. The van der Waals surface area contributed by atoms with Crippen molar-refractivity contribution in [2.45, 2.75) is 27.2 Å². The zero-order chi connectivity index (χ0) is 12.1. The number of carbonyl (C=O) groups excluding carboxylic acids is 3. The van der Waals surface area contributed by atoms with Crippen molar-refractivity contribution in [3.63, 3.8) is 0 Å². The molecule has 84 valence electrons. The van der Waals surface area contributed by atoms with E-state index in [-0.39, 0.29) is 17.7 Å². The Morgan fingerprint density at radius 1 is 1.14 bits per heavy atom. The second-order valence-corrected chi connectivity index (χ2v) is 2.24. The number of hydrogen-bond donors (Lipinski definition) is 3. The minimum Gasteiger partial charge on any atom is -0.370 e. The van der Waals surface area contributed by atoms with Crippen LogP contribution < -0.4 is 16.8 Å². The Bertz CT molecular complexity index is 163. The van der Waals surface area contributed by atoms with Gasteiger partial charge in [-0.05, 0) is 0 Å². The van der Waals surface area contributed by atoms with E-state index < -0.39 is 0 Å². The van der Waals surface area contributed by atoms with Crippen LogP contribution in [0.5, 0.6) is 0 Å². The zero-order valence-electron chi connectivity index (χ0n) is 9.09. The average molecular weight is 205 g/mol. The third-order valence-corrected chi connectivity index (χ3v) is 0.701. The first-order valence-electron chi connectivity index (χ1n) is 4.00. The van der Waals surface area contributed by atoms with Crippen molar-refractivity contribution in [1.82, 2.24) is 5.32 Å². The quantitative estimate of drug-likeness (QED) is 0.516. The summed E-state index contributed by atoms with van der Waals surface area (Å²) in [6.07, 6.45) is 0.444. The smallest absolute Gasteiger partial charge is 0.217 e. The molecule has 0 rings (SSSR count). The van der Waals surface area contributed by atoms with Gasteiger partial charge in [-0.3, -0.25) is 14.4 Å². The number of nitrogens with one attached hydrogen (secondary N) is 1. The van der Waals surface area contributed by atoms with E-state index in [1.807, 2.05) is 0 Å². The molecule has 0 radical (unpaired) electrons. The van der Waals surface area contributed by atoms with Crippen molar-refractivity contribution in [3.8, 4) is 0 Å². The first kappa shape index (κ1) is 18.2. The van der Waals surface area contributed by atoms with Crippen LogP contribution in [0.15, 0.2) is 0 Å². The Labute approximate surface area is 84.0 Å². The SMILES string of the molecule is CC(N)=O.CCC(N)=O.CNC(C)=O. The van der Waals surface area contributed by atoms with Crippen LogP contribution in [0.25, 0.3) is 0 Å². The first-order chi connectivity index (χ1) is 6.27. The molecule has 6 heteroatoms. The monoisotopic (exact) mass is 205 g/mol. The van der Waals surface area contributed by atoms with Gasteiger partial charge in [-0.25, -0.2) is 0 Å². The van der Waals surface area contributed by atoms with Gasteiger partial charge in [0.25, 0.3) is 0 Å². The van der Waals surface area contributed by atoms with Gasteiger partial charge in [0.05, 0.1) is 0 Å². The van der Waals surface area contributed by atoms with Crippen molar-refractivity contribution < 1.29 is 14.4 Å². The Morgan fingerprint density at radius 3 is 1.29 bits per heavy atom. The van der Waals surface area contributed by atoms with Gasteiger partial charge in [0, 0.05) is 27.3 Å². The van der Waals surface area contributed by atoms with Gasteiger partial charge in [-0.15, -0.1) is 0 Å². The molecule has 0 aliphatic rings. The number of nitrogens with two attached hydrogens (primary N) is 2. The molecule has 0 aromatic rings. The van der Waals surface area contributed by atoms with Crippen LogP contribution in [0.3, 0.4) is 0 Å². The summed E-state index contributed by atoms with van der Waals surface area (Å²) < 4.78 is 0. The first-order valence-corrected chi connectivity index (χ1v) is 4.00. The van der Waals surface area contributed by atoms with E-state index in [1.54, 1.807) is 14.0 Å². The summed E-state index contributed by atoms with van der Waals surface area (Å²) in [6.45, 7) is 4.50. The second-order valence-electron chi connectivity index (χ2n) is 2.24. The number of carbonyl (C=O) groups is 3. The van der Waals surface area contributed by atoms with Gasteiger partial charge in [0.1, 0.15) is 0 Å². The highest BCUT2D eigenvalue weighted by atomic mass is 16.2. The van der Waals surface area contributed by atoms with Crippen LogP contribution in [-0.2, 0) is 14.4 Å². The van der Waals surface area contributed by atoms with Crippen LogP contribution in [0, 0.1) is 0 Å². The maximum Gasteiger partial charge on any atom is 0.217 e. The number of rotatable bonds is 1. The van der Waals surface area contributed by atoms with E-state index in [2.05, 4.69) is 16.8 Å². The van der Waals surface area contributed by atoms with Crippen LogP contribution in [0.4, 0.5) is 0 Å². The molecule has 0 saturated carbocycles. The zero-order valence-corrected chi connectivity index (χ0v) is 9.09. The lowest BCUT2D eigenvalue weighted by atomic mass is 10.5. The predicted octanol–water partition coefficient (Wildman–Crippen LogP) is -0.874. The molecule has 0 atom stereocenters. The highest BCUT2D eigenvalue weighted by Crippen LogP contribution is 1.63. The summed E-state index contributed by atoms with van der Waals surface area (Å²) >= 11 is 0. The Morgan fingerprint density at radius 2 is 1.29 bits per heavy atom. The van der Waals surface area contributed by atoms with E-state index >= 15 is 0 Å². The van der Waals surface area contributed by atoms with Gasteiger partial charge in [0.15, 0.2) is 0 Å². The van der Waals surface area contributed by atoms with Crippen molar-refractivity contribution in [2.75, 3.05) is 7.05 Å². The highest BCUT2D eigenvalue weighted by molar-refractivity contribution is 5.73. The minimum atomic E-state index is -0.333. The summed E-state index contributed by atoms with van der Waals surface area (Å²) in [5, 5.41) is 2.39. The van der Waals surface area contributed by atoms with Crippen molar-refractivity contribution in [3.05, 3.63) is 0 Å². The molecule has 6 nitrogen and oxygen atoms in total. The fourth-order valence-electron chi connectivity index (χ4n) is 0. The lowest BCUT2D eigenvalue weighted by Crippen LogP contribution is -2.11. The molecule has 0 aliphatic carbocycles. The molecule has 3 amide bonds. The summed E-state index contributed by atoms with van der Waals surface area (Å²) in [7, 11) is 1.60. The molecule has 0 aromatic heterocycles. The maximum atomic E-state index is 9.70. The van der Waals surface area contributed by atoms with Gasteiger partial charge in [-0.1, -0.05) is 6.92 Å². The summed E-state index contributed by atoms with van der Waals surface area (Å²) in [5.74, 6) is -0.574. The third-order valence-electron chi connectivity index (χ3n) is 0.701. The minimum absolute atomic E-state index is 0.00463. The molecule has 0 bridgehead atoms. The Kier molecular flexibility index (Phi) is 18.2. The van der Waals surface area contributed by atoms with Gasteiger partial charge < -0.3 is 16.8 Å². The molecular formula is C8H19N3O3. The lowest BCUT2D eigenvalue weighted by molar-refractivity contribution is -0.119. The second kappa shape index (κ2) is 14.0. The fraction of sp³-hybridized carbons (Fsp3) is 0.625. The molecule has 0 fully saturated rings. The molecule has 0 aromatic carbocycles. The molecule has 0 aliphatic heterocycles. The predicted molar refractivity (Wildman–Crippen MR) is 54.1 cm³/mol. The van der Waals surface area contributed by atoms with E-state index in [4.69, 9.17) is 0 Å². The topological polar surface area (TPSA) is 115 Å². The standard InChI is InChI=1S/2C3H7NO.C2H5NO/c1-3(5)4-2;1-2-3(4)5;1-2(3)4/h1-2H3,(H,4,5);2H2,1H3,(H2,4,5);1H3,(H2,3,4). The molecule has 0 spiro atoms. The van der Waals surface area contributed by atoms with Crippen molar-refractivity contribution >= 4 is 17.7 Å². The van der Waals surface area contributed by atoms with Gasteiger partial charge >= 0.3 is 0 Å². The normalized spacial score (nSPS) is 6.86. The molecule has 0 saturated heterocycles. The largest absolute Gasteiger partial charge is 0.370 e. The Hall–Kier alpha value is -1.59. The van der Waals surface area contributed by atoms with Crippen LogP contribution >= 0.6 is 0 Å². The average Bonchev–Trinajstić information content (AvgIpc) is 2.04. The molecule has 0 heterocycles. The third kappa shape index (κ3) is 159. The van der Waals surface area contributed by atoms with Gasteiger partial charge in [-0.2, -0.15) is 0 Å². The Balaban J connectivity index is -0.000000131. The highest BCUT2D eigenvalue weighted by Gasteiger charge is 1.77. The molecule has 14 heavy (non-hydrogen) atoms. The van der Waals surface area contributed by atoms with E-state index in [0.29, 0.717) is 6.42 Å². The number of amides is 3. The summed E-state index contributed by atoms with van der Waals surface area (Å²) in [4.78, 5) is 28.5. The van der Waals surface area contributed by atoms with E-state index in [1.165, 1.54) is 13.8 Å². The maximum absolute atomic E-state index is 9.70. The van der Waals surface area contributed by atoms with E-state index in [9.17, 15) is 14.4 Å². The van der Waals surface area contributed by atoms with Crippen LogP contribution in [0.2, 0.25) is 0 Å². The van der Waals surface area contributed by atoms with Crippen LogP contribution in [-0.4, -0.2) is 24.8 Å². The van der Waals surface area contributed by atoms with E-state index in [0.717, 1.165) is 0 Å². The lowest BCUT2D eigenvalue weighted by Gasteiger charge is -1.80. The number of hydrogen-bond acceptors (Lipinski definition) is 3. The van der Waals surface area contributed by atoms with Crippen molar-refractivity contribution in [1.29, 1.82) is 0 Å². The van der Waals surface area contributed by atoms with Crippen molar-refractivity contribution in [2.24, 2.45) is 11.5 Å². The number of primary amides is 2.